The minimum atomic E-state index is -0.200. The lowest BCUT2D eigenvalue weighted by atomic mass is 9.91. The summed E-state index contributed by atoms with van der Waals surface area (Å²) in [5.74, 6) is 0.318. The summed E-state index contributed by atoms with van der Waals surface area (Å²) in [6.45, 7) is 12.0. The van der Waals surface area contributed by atoms with Crippen molar-refractivity contribution in [3.63, 3.8) is 0 Å². The van der Waals surface area contributed by atoms with Crippen molar-refractivity contribution in [2.24, 2.45) is 10.9 Å². The van der Waals surface area contributed by atoms with Gasteiger partial charge in [0.1, 0.15) is 0 Å². The zero-order chi connectivity index (χ0) is 16.0. The van der Waals surface area contributed by atoms with Crippen LogP contribution in [0.4, 0.5) is 0 Å². The lowest BCUT2D eigenvalue weighted by Gasteiger charge is -2.33. The fourth-order valence-corrected chi connectivity index (χ4v) is 2.93. The zero-order valence-corrected chi connectivity index (χ0v) is 13.8. The molecule has 1 unspecified atom stereocenters. The lowest BCUT2D eigenvalue weighted by Crippen LogP contribution is -2.45. The van der Waals surface area contributed by atoms with E-state index in [4.69, 9.17) is 5.41 Å². The minimum Gasteiger partial charge on any atom is -0.394 e. The van der Waals surface area contributed by atoms with Gasteiger partial charge in [-0.15, -0.1) is 0 Å². The molecular weight excluding hydrogens is 262 g/mol. The molecule has 0 radical (unpaired) electrons. The second kappa shape index (κ2) is 7.66. The maximum Gasteiger partial charge on any atom is 0.0610 e. The number of likely N-dealkylation sites (tertiary alicyclic amines) is 1. The Morgan fingerprint density at radius 2 is 2.19 bits per heavy atom. The maximum atomic E-state index is 9.53. The SMILES string of the molecule is C=C/C(CC)=C(\C=N)C(=NC)C1CCN(C(C)(C)CO)C1. The predicted octanol–water partition coefficient (Wildman–Crippen LogP) is 2.69. The van der Waals surface area contributed by atoms with E-state index in [1.165, 1.54) is 6.21 Å². The van der Waals surface area contributed by atoms with Gasteiger partial charge in [-0.2, -0.15) is 0 Å². The summed E-state index contributed by atoms with van der Waals surface area (Å²) < 4.78 is 0. The lowest BCUT2D eigenvalue weighted by molar-refractivity contribution is 0.0762. The van der Waals surface area contributed by atoms with Crippen LogP contribution in [0.25, 0.3) is 0 Å². The average Bonchev–Trinajstić information content (AvgIpc) is 2.97. The molecule has 1 rings (SSSR count). The predicted molar refractivity (Wildman–Crippen MR) is 90.5 cm³/mol. The summed E-state index contributed by atoms with van der Waals surface area (Å²) in [6.07, 6.45) is 5.10. The molecular formula is C17H29N3O. The summed E-state index contributed by atoms with van der Waals surface area (Å²) in [5.41, 5.74) is 2.78. The third kappa shape index (κ3) is 3.89. The van der Waals surface area contributed by atoms with E-state index in [0.29, 0.717) is 5.92 Å². The van der Waals surface area contributed by atoms with Crippen molar-refractivity contribution in [1.29, 1.82) is 5.41 Å². The number of aliphatic imine (C=N–C) groups is 1. The average molecular weight is 291 g/mol. The van der Waals surface area contributed by atoms with Gasteiger partial charge in [-0.1, -0.05) is 19.6 Å². The van der Waals surface area contributed by atoms with Crippen molar-refractivity contribution in [1.82, 2.24) is 4.90 Å². The highest BCUT2D eigenvalue weighted by Crippen LogP contribution is 2.28. The number of rotatable bonds is 7. The summed E-state index contributed by atoms with van der Waals surface area (Å²) in [4.78, 5) is 6.78. The maximum absolute atomic E-state index is 9.53. The first-order valence-electron chi connectivity index (χ1n) is 7.64. The molecule has 1 heterocycles. The first-order chi connectivity index (χ1) is 9.94. The number of aliphatic hydroxyl groups excluding tert-OH is 1. The molecule has 2 N–H and O–H groups in total. The molecule has 0 aromatic carbocycles. The standard InChI is InChI=1S/C17H29N3O/c1-6-13(7-2)15(10-18)16(19-5)14-8-9-20(11-14)17(3,4)12-21/h6,10,14,18,21H,1,7-9,11-12H2,2-5H3/b15-13-,18-10?,19-16?. The van der Waals surface area contributed by atoms with E-state index in [0.717, 1.165) is 42.8 Å². The Balaban J connectivity index is 3.01. The number of allylic oxidation sites excluding steroid dienone is 3. The van der Waals surface area contributed by atoms with E-state index in [-0.39, 0.29) is 12.1 Å². The summed E-state index contributed by atoms with van der Waals surface area (Å²) in [6, 6.07) is 0. The van der Waals surface area contributed by atoms with E-state index >= 15 is 0 Å². The topological polar surface area (TPSA) is 59.7 Å². The molecule has 0 aliphatic carbocycles. The van der Waals surface area contributed by atoms with Gasteiger partial charge in [0, 0.05) is 42.5 Å². The molecule has 0 spiro atoms. The van der Waals surface area contributed by atoms with E-state index in [1.54, 1.807) is 7.05 Å². The van der Waals surface area contributed by atoms with Gasteiger partial charge in [0.2, 0.25) is 0 Å². The molecule has 0 aromatic heterocycles. The normalized spacial score (nSPS) is 22.1. The van der Waals surface area contributed by atoms with Gasteiger partial charge in [0.05, 0.1) is 6.61 Å². The molecule has 0 amide bonds. The molecule has 1 atom stereocenters. The summed E-state index contributed by atoms with van der Waals surface area (Å²) >= 11 is 0. The number of nitrogens with zero attached hydrogens (tertiary/aromatic N) is 2. The first-order valence-corrected chi connectivity index (χ1v) is 7.64. The highest BCUT2D eigenvalue weighted by molar-refractivity contribution is 6.17. The molecule has 1 fully saturated rings. The second-order valence-electron chi connectivity index (χ2n) is 6.15. The van der Waals surface area contributed by atoms with Crippen molar-refractivity contribution >= 4 is 11.9 Å². The van der Waals surface area contributed by atoms with Gasteiger partial charge < -0.3 is 10.5 Å². The van der Waals surface area contributed by atoms with E-state index in [9.17, 15) is 5.11 Å². The fourth-order valence-electron chi connectivity index (χ4n) is 2.93. The van der Waals surface area contributed by atoms with Crippen LogP contribution < -0.4 is 0 Å². The fraction of sp³-hybridized carbons (Fsp3) is 0.647. The van der Waals surface area contributed by atoms with Crippen LogP contribution in [0.2, 0.25) is 0 Å². The number of hydrogen-bond acceptors (Lipinski definition) is 4. The number of nitrogens with one attached hydrogen (secondary N) is 1. The van der Waals surface area contributed by atoms with Crippen LogP contribution in [-0.2, 0) is 0 Å². The van der Waals surface area contributed by atoms with Crippen LogP contribution in [0.5, 0.6) is 0 Å². The largest absolute Gasteiger partial charge is 0.394 e. The Hall–Kier alpha value is -1.26. The highest BCUT2D eigenvalue weighted by Gasteiger charge is 2.35. The third-order valence-electron chi connectivity index (χ3n) is 4.45. The van der Waals surface area contributed by atoms with Crippen LogP contribution in [0.1, 0.15) is 33.6 Å². The van der Waals surface area contributed by atoms with Crippen molar-refractivity contribution in [2.45, 2.75) is 39.2 Å². The van der Waals surface area contributed by atoms with Gasteiger partial charge in [0.25, 0.3) is 0 Å². The summed E-state index contributed by atoms with van der Waals surface area (Å²) in [7, 11) is 1.80. The zero-order valence-electron chi connectivity index (χ0n) is 13.8. The Kier molecular flexibility index (Phi) is 6.49. The molecule has 0 aromatic rings. The molecule has 1 saturated heterocycles. The highest BCUT2D eigenvalue weighted by atomic mass is 16.3. The number of aliphatic hydroxyl groups is 1. The second-order valence-corrected chi connectivity index (χ2v) is 6.15. The Morgan fingerprint density at radius 3 is 2.62 bits per heavy atom. The molecule has 4 nitrogen and oxygen atoms in total. The minimum absolute atomic E-state index is 0.151. The molecule has 0 bridgehead atoms. The molecule has 1 aliphatic rings. The van der Waals surface area contributed by atoms with E-state index in [2.05, 4.69) is 37.2 Å². The van der Waals surface area contributed by atoms with E-state index in [1.807, 2.05) is 6.08 Å². The van der Waals surface area contributed by atoms with Crippen molar-refractivity contribution < 1.29 is 5.11 Å². The Bertz CT molecular complexity index is 449. The van der Waals surface area contributed by atoms with Crippen molar-refractivity contribution in [3.8, 4) is 0 Å². The third-order valence-corrected chi connectivity index (χ3v) is 4.45. The van der Waals surface area contributed by atoms with Crippen LogP contribution in [-0.4, -0.2) is 54.2 Å². The van der Waals surface area contributed by atoms with Gasteiger partial charge in [-0.3, -0.25) is 9.89 Å². The van der Waals surface area contributed by atoms with Gasteiger partial charge in [-0.05, 0) is 38.8 Å². The van der Waals surface area contributed by atoms with Crippen LogP contribution in [0.15, 0.2) is 28.8 Å². The first kappa shape index (κ1) is 17.8. The van der Waals surface area contributed by atoms with Crippen LogP contribution in [0.3, 0.4) is 0 Å². The van der Waals surface area contributed by atoms with Gasteiger partial charge in [-0.25, -0.2) is 0 Å². The molecule has 0 saturated carbocycles. The van der Waals surface area contributed by atoms with Gasteiger partial charge >= 0.3 is 0 Å². The van der Waals surface area contributed by atoms with Crippen LogP contribution in [0, 0.1) is 11.3 Å². The molecule has 4 heteroatoms. The number of hydrogen-bond donors (Lipinski definition) is 2. The Labute approximate surface area is 128 Å². The van der Waals surface area contributed by atoms with Crippen molar-refractivity contribution in [3.05, 3.63) is 23.8 Å². The quantitative estimate of drug-likeness (QED) is 0.559. The van der Waals surface area contributed by atoms with Gasteiger partial charge in [0.15, 0.2) is 0 Å². The molecule has 1 aliphatic heterocycles. The Morgan fingerprint density at radius 1 is 1.52 bits per heavy atom. The smallest absolute Gasteiger partial charge is 0.0610 e. The monoisotopic (exact) mass is 291 g/mol. The molecule has 21 heavy (non-hydrogen) atoms. The summed E-state index contributed by atoms with van der Waals surface area (Å²) in [5, 5.41) is 17.3. The molecule has 118 valence electrons. The van der Waals surface area contributed by atoms with E-state index < -0.39 is 0 Å². The van der Waals surface area contributed by atoms with Crippen molar-refractivity contribution in [2.75, 3.05) is 26.7 Å². The van der Waals surface area contributed by atoms with Crippen LogP contribution >= 0.6 is 0 Å².